The zero-order valence-corrected chi connectivity index (χ0v) is 16.8. The number of aryl methyl sites for hydroxylation is 2. The summed E-state index contributed by atoms with van der Waals surface area (Å²) in [6.07, 6.45) is 2.24. The molecule has 3 heterocycles. The van der Waals surface area contributed by atoms with Crippen molar-refractivity contribution in [1.29, 1.82) is 0 Å². The molecule has 27 heavy (non-hydrogen) atoms. The molecule has 8 heteroatoms. The molecule has 0 radical (unpaired) electrons. The predicted molar refractivity (Wildman–Crippen MR) is 105 cm³/mol. The van der Waals surface area contributed by atoms with E-state index in [9.17, 15) is 9.59 Å². The van der Waals surface area contributed by atoms with E-state index in [1.54, 1.807) is 11.6 Å². The van der Waals surface area contributed by atoms with Gasteiger partial charge in [0, 0.05) is 31.9 Å². The summed E-state index contributed by atoms with van der Waals surface area (Å²) in [5.74, 6) is 0. The van der Waals surface area contributed by atoms with E-state index in [-0.39, 0.29) is 11.7 Å². The van der Waals surface area contributed by atoms with E-state index >= 15 is 0 Å². The van der Waals surface area contributed by atoms with Gasteiger partial charge < -0.3 is 19.9 Å². The lowest BCUT2D eigenvalue weighted by atomic mass is 10.0. The van der Waals surface area contributed by atoms with E-state index in [0.717, 1.165) is 42.7 Å². The number of ether oxygens (including phenoxy) is 1. The minimum absolute atomic E-state index is 0.00248. The molecule has 2 aromatic rings. The third kappa shape index (κ3) is 4.26. The topological polar surface area (TPSA) is 92.3 Å². The lowest BCUT2D eigenvalue weighted by Gasteiger charge is -2.35. The standard InChI is InChI=1S/C19H29N5O3/c1-6-12-10-14(15-16(20-12)23(5)17(25)22-15)24-9-7-8-13(11-24)21-18(26)27-19(2,3)4/h10,13H,6-9,11H2,1-5H3,(H,21,26)(H,22,25)/t13-/m1/s1. The molecule has 148 valence electrons. The molecule has 0 bridgehead atoms. The maximum atomic E-state index is 12.1. The number of nitrogens with zero attached hydrogens (tertiary/aromatic N) is 3. The Morgan fingerprint density at radius 1 is 1.44 bits per heavy atom. The smallest absolute Gasteiger partial charge is 0.407 e. The van der Waals surface area contributed by atoms with Crippen LogP contribution in [0, 0.1) is 0 Å². The molecule has 1 fully saturated rings. The third-order valence-corrected chi connectivity index (χ3v) is 4.73. The van der Waals surface area contributed by atoms with Gasteiger partial charge in [-0.15, -0.1) is 0 Å². The average molecular weight is 375 g/mol. The molecule has 0 spiro atoms. The Hall–Kier alpha value is -2.51. The van der Waals surface area contributed by atoms with Gasteiger partial charge in [0.15, 0.2) is 5.65 Å². The summed E-state index contributed by atoms with van der Waals surface area (Å²) in [7, 11) is 1.72. The number of hydrogen-bond donors (Lipinski definition) is 2. The number of alkyl carbamates (subject to hydrolysis) is 1. The monoisotopic (exact) mass is 375 g/mol. The lowest BCUT2D eigenvalue weighted by molar-refractivity contribution is 0.0500. The zero-order chi connectivity index (χ0) is 19.8. The zero-order valence-electron chi connectivity index (χ0n) is 16.8. The van der Waals surface area contributed by atoms with Gasteiger partial charge in [-0.1, -0.05) is 6.92 Å². The number of pyridine rings is 1. The first kappa shape index (κ1) is 19.3. The number of imidazole rings is 1. The Labute approximate surface area is 158 Å². The van der Waals surface area contributed by atoms with E-state index in [4.69, 9.17) is 4.74 Å². The van der Waals surface area contributed by atoms with Gasteiger partial charge in [0.05, 0.1) is 5.69 Å². The van der Waals surface area contributed by atoms with Crippen molar-refractivity contribution < 1.29 is 9.53 Å². The van der Waals surface area contributed by atoms with Crippen LogP contribution in [0.15, 0.2) is 10.9 Å². The Morgan fingerprint density at radius 2 is 2.19 bits per heavy atom. The number of amides is 1. The number of piperidine rings is 1. The quantitative estimate of drug-likeness (QED) is 0.859. The molecular formula is C19H29N5O3. The summed E-state index contributed by atoms with van der Waals surface area (Å²) < 4.78 is 6.92. The summed E-state index contributed by atoms with van der Waals surface area (Å²) in [4.78, 5) is 33.9. The highest BCUT2D eigenvalue weighted by Crippen LogP contribution is 2.27. The number of nitrogens with one attached hydrogen (secondary N) is 2. The number of carbonyl (C=O) groups excluding carboxylic acids is 1. The maximum absolute atomic E-state index is 12.1. The van der Waals surface area contributed by atoms with Crippen molar-refractivity contribution >= 4 is 22.9 Å². The number of aromatic nitrogens is 3. The minimum atomic E-state index is -0.519. The van der Waals surface area contributed by atoms with E-state index < -0.39 is 11.7 Å². The fraction of sp³-hybridized carbons (Fsp3) is 0.632. The summed E-state index contributed by atoms with van der Waals surface area (Å²) in [6, 6.07) is 2.03. The number of H-pyrrole nitrogens is 1. The van der Waals surface area contributed by atoms with Crippen molar-refractivity contribution in [3.63, 3.8) is 0 Å². The molecule has 0 aromatic carbocycles. The van der Waals surface area contributed by atoms with Crippen LogP contribution in [0.1, 0.15) is 46.2 Å². The summed E-state index contributed by atoms with van der Waals surface area (Å²) >= 11 is 0. The van der Waals surface area contributed by atoms with E-state index in [2.05, 4.69) is 20.2 Å². The Kier molecular flexibility index (Phi) is 5.17. The molecule has 2 N–H and O–H groups in total. The highest BCUT2D eigenvalue weighted by molar-refractivity contribution is 5.86. The number of rotatable bonds is 3. The van der Waals surface area contributed by atoms with E-state index in [1.165, 1.54) is 0 Å². The second-order valence-corrected chi connectivity index (χ2v) is 8.11. The molecule has 1 aliphatic heterocycles. The van der Waals surface area contributed by atoms with Crippen molar-refractivity contribution in [2.24, 2.45) is 7.05 Å². The van der Waals surface area contributed by atoms with Gasteiger partial charge in [-0.25, -0.2) is 14.6 Å². The fourth-order valence-corrected chi connectivity index (χ4v) is 3.44. The first-order valence-corrected chi connectivity index (χ1v) is 9.51. The van der Waals surface area contributed by atoms with Crippen LogP contribution in [0.2, 0.25) is 0 Å². The average Bonchev–Trinajstić information content (AvgIpc) is 2.87. The second kappa shape index (κ2) is 7.25. The Morgan fingerprint density at radius 3 is 2.85 bits per heavy atom. The number of aromatic amines is 1. The van der Waals surface area contributed by atoms with Crippen LogP contribution >= 0.6 is 0 Å². The van der Waals surface area contributed by atoms with Gasteiger partial charge in [0.2, 0.25) is 0 Å². The molecule has 1 aliphatic rings. The molecule has 1 atom stereocenters. The van der Waals surface area contributed by atoms with Crippen LogP contribution in [0.4, 0.5) is 10.5 Å². The van der Waals surface area contributed by atoms with Crippen LogP contribution in [-0.4, -0.2) is 45.4 Å². The molecule has 1 saturated heterocycles. The number of anilines is 1. The van der Waals surface area contributed by atoms with E-state index in [0.29, 0.717) is 12.2 Å². The summed E-state index contributed by atoms with van der Waals surface area (Å²) in [6.45, 7) is 9.14. The number of hydrogen-bond acceptors (Lipinski definition) is 5. The molecule has 8 nitrogen and oxygen atoms in total. The highest BCUT2D eigenvalue weighted by atomic mass is 16.6. The molecular weight excluding hydrogens is 346 g/mol. The van der Waals surface area contributed by atoms with Gasteiger partial charge in [0.1, 0.15) is 11.1 Å². The molecule has 0 aliphatic carbocycles. The molecule has 3 rings (SSSR count). The van der Waals surface area contributed by atoms with Gasteiger partial charge in [-0.2, -0.15) is 0 Å². The predicted octanol–water partition coefficient (Wildman–Crippen LogP) is 2.32. The normalized spacial score (nSPS) is 18.0. The van der Waals surface area contributed by atoms with E-state index in [1.807, 2.05) is 33.8 Å². The first-order chi connectivity index (χ1) is 12.7. The van der Waals surface area contributed by atoms with Crippen molar-refractivity contribution in [2.45, 2.75) is 58.6 Å². The molecule has 0 unspecified atom stereocenters. The molecule has 2 aromatic heterocycles. The van der Waals surface area contributed by atoms with Crippen LogP contribution < -0.4 is 15.9 Å². The van der Waals surface area contributed by atoms with Crippen molar-refractivity contribution in [1.82, 2.24) is 19.9 Å². The summed E-state index contributed by atoms with van der Waals surface area (Å²) in [5, 5.41) is 2.97. The molecule has 1 amide bonds. The maximum Gasteiger partial charge on any atom is 0.407 e. The van der Waals surface area contributed by atoms with Gasteiger partial charge in [0.25, 0.3) is 0 Å². The number of fused-ring (bicyclic) bond motifs is 1. The van der Waals surface area contributed by atoms with Crippen molar-refractivity contribution in [2.75, 3.05) is 18.0 Å². The molecule has 0 saturated carbocycles. The van der Waals surface area contributed by atoms with Gasteiger partial charge in [-0.3, -0.25) is 4.57 Å². The second-order valence-electron chi connectivity index (χ2n) is 8.11. The Bertz CT molecular complexity index is 893. The van der Waals surface area contributed by atoms with Crippen molar-refractivity contribution in [3.05, 3.63) is 22.2 Å². The Balaban J connectivity index is 1.85. The van der Waals surface area contributed by atoms with Crippen LogP contribution in [0.5, 0.6) is 0 Å². The minimum Gasteiger partial charge on any atom is -0.444 e. The van der Waals surface area contributed by atoms with Crippen molar-refractivity contribution in [3.8, 4) is 0 Å². The van der Waals surface area contributed by atoms with Crippen LogP contribution in [0.25, 0.3) is 11.2 Å². The number of carbonyl (C=O) groups is 1. The van der Waals surface area contributed by atoms with Crippen LogP contribution in [0.3, 0.4) is 0 Å². The van der Waals surface area contributed by atoms with Gasteiger partial charge in [-0.05, 0) is 46.1 Å². The fourth-order valence-electron chi connectivity index (χ4n) is 3.44. The summed E-state index contributed by atoms with van der Waals surface area (Å²) in [5.41, 5.74) is 2.62. The first-order valence-electron chi connectivity index (χ1n) is 9.51. The van der Waals surface area contributed by atoms with Crippen LogP contribution in [-0.2, 0) is 18.2 Å². The highest BCUT2D eigenvalue weighted by Gasteiger charge is 2.26. The van der Waals surface area contributed by atoms with Gasteiger partial charge >= 0.3 is 11.8 Å². The largest absolute Gasteiger partial charge is 0.444 e. The SMILES string of the molecule is CCc1cc(N2CCC[C@@H](NC(=O)OC(C)(C)C)C2)c2[nH]c(=O)n(C)c2n1. The third-order valence-electron chi connectivity index (χ3n) is 4.73. The lowest BCUT2D eigenvalue weighted by Crippen LogP contribution is -2.49.